The molecule has 3 aromatic rings. The van der Waals surface area contributed by atoms with Gasteiger partial charge in [0.1, 0.15) is 23.6 Å². The summed E-state index contributed by atoms with van der Waals surface area (Å²) in [4.78, 5) is 55.5. The highest BCUT2D eigenvalue weighted by Gasteiger charge is 2.36. The Bertz CT molecular complexity index is 1850. The third kappa shape index (κ3) is 12.3. The van der Waals surface area contributed by atoms with Gasteiger partial charge in [-0.05, 0) is 65.7 Å². The van der Waals surface area contributed by atoms with Gasteiger partial charge in [-0.2, -0.15) is 0 Å². The van der Waals surface area contributed by atoms with E-state index in [0.717, 1.165) is 36.0 Å². The van der Waals surface area contributed by atoms with E-state index in [1.807, 2.05) is 99.0 Å². The van der Waals surface area contributed by atoms with Gasteiger partial charge in [-0.25, -0.2) is 0 Å². The summed E-state index contributed by atoms with van der Waals surface area (Å²) in [6.07, 6.45) is 5.26. The largest absolute Gasteiger partial charge is 0.497 e. The van der Waals surface area contributed by atoms with Crippen LogP contribution in [0.3, 0.4) is 0 Å². The van der Waals surface area contributed by atoms with Crippen LogP contribution in [0.2, 0.25) is 0 Å². The number of carbonyl (C=O) groups is 4. The van der Waals surface area contributed by atoms with Crippen LogP contribution < -0.4 is 36.1 Å². The molecule has 56 heavy (non-hydrogen) atoms. The molecule has 0 spiro atoms. The Morgan fingerprint density at radius 1 is 0.893 bits per heavy atom. The lowest BCUT2D eigenvalue weighted by atomic mass is 9.87. The van der Waals surface area contributed by atoms with Gasteiger partial charge in [0.05, 0.1) is 32.2 Å². The van der Waals surface area contributed by atoms with Gasteiger partial charge in [-0.3, -0.25) is 19.2 Å². The SMILES string of the molecule is COc1ccc(CNC2(CC(=O)NC(CC(=O)NCC(C)(C)C)C(=O)NC(CCc3ccccc3)C(=O)N[C@@H]3CCCc4ccccc43)C=CSC2)c(OC)c1. The minimum Gasteiger partial charge on any atom is -0.497 e. The fourth-order valence-electron chi connectivity index (χ4n) is 7.01. The van der Waals surface area contributed by atoms with E-state index in [0.29, 0.717) is 43.2 Å². The van der Waals surface area contributed by atoms with Gasteiger partial charge >= 0.3 is 0 Å². The Labute approximate surface area is 335 Å². The summed E-state index contributed by atoms with van der Waals surface area (Å²) in [6, 6.07) is 21.2. The summed E-state index contributed by atoms with van der Waals surface area (Å²) >= 11 is 1.58. The van der Waals surface area contributed by atoms with Gasteiger partial charge < -0.3 is 36.1 Å². The molecule has 5 N–H and O–H groups in total. The van der Waals surface area contributed by atoms with Crippen molar-refractivity contribution in [3.8, 4) is 11.5 Å². The van der Waals surface area contributed by atoms with Crippen LogP contribution in [0.1, 0.15) is 81.2 Å². The molecule has 0 aromatic heterocycles. The zero-order valence-corrected chi connectivity index (χ0v) is 34.1. The molecule has 0 saturated carbocycles. The highest BCUT2D eigenvalue weighted by atomic mass is 32.2. The van der Waals surface area contributed by atoms with Crippen LogP contribution in [0.15, 0.2) is 84.3 Å². The summed E-state index contributed by atoms with van der Waals surface area (Å²) in [5, 5.41) is 17.4. The molecule has 3 aromatic carbocycles. The molecular formula is C44H57N5O6S. The van der Waals surface area contributed by atoms with E-state index < -0.39 is 29.4 Å². The van der Waals surface area contributed by atoms with Gasteiger partial charge in [-0.15, -0.1) is 11.8 Å². The van der Waals surface area contributed by atoms with Crippen molar-refractivity contribution >= 4 is 35.4 Å². The number of hydrogen-bond donors (Lipinski definition) is 5. The second-order valence-corrected chi connectivity index (χ2v) is 16.8. The van der Waals surface area contributed by atoms with E-state index in [9.17, 15) is 19.2 Å². The number of nitrogens with one attached hydrogen (secondary N) is 5. The van der Waals surface area contributed by atoms with Crippen molar-refractivity contribution in [2.45, 2.75) is 95.9 Å². The smallest absolute Gasteiger partial charge is 0.243 e. The van der Waals surface area contributed by atoms with E-state index in [1.54, 1.807) is 26.0 Å². The first-order chi connectivity index (χ1) is 26.9. The second kappa shape index (κ2) is 19.9. The van der Waals surface area contributed by atoms with Gasteiger partial charge in [0.2, 0.25) is 23.6 Å². The topological polar surface area (TPSA) is 147 Å². The number of benzene rings is 3. The Morgan fingerprint density at radius 3 is 2.38 bits per heavy atom. The van der Waals surface area contributed by atoms with Gasteiger partial charge in [0, 0.05) is 36.9 Å². The number of hydrogen-bond acceptors (Lipinski definition) is 8. The van der Waals surface area contributed by atoms with Crippen molar-refractivity contribution in [1.29, 1.82) is 0 Å². The predicted molar refractivity (Wildman–Crippen MR) is 221 cm³/mol. The average molecular weight is 784 g/mol. The van der Waals surface area contributed by atoms with E-state index in [4.69, 9.17) is 9.47 Å². The zero-order chi connectivity index (χ0) is 40.1. The molecule has 12 heteroatoms. The summed E-state index contributed by atoms with van der Waals surface area (Å²) in [6.45, 7) is 6.81. The molecule has 11 nitrogen and oxygen atoms in total. The maximum atomic E-state index is 14.2. The Balaban J connectivity index is 1.33. The van der Waals surface area contributed by atoms with Gasteiger partial charge in [0.15, 0.2) is 0 Å². The van der Waals surface area contributed by atoms with Crippen molar-refractivity contribution in [1.82, 2.24) is 26.6 Å². The molecular weight excluding hydrogens is 727 g/mol. The minimum atomic E-state index is -1.22. The number of aryl methyl sites for hydroxylation is 2. The van der Waals surface area contributed by atoms with Crippen molar-refractivity contribution < 1.29 is 28.7 Å². The number of thioether (sulfide) groups is 1. The molecule has 5 rings (SSSR count). The molecule has 0 fully saturated rings. The quantitative estimate of drug-likeness (QED) is 0.113. The van der Waals surface area contributed by atoms with Gasteiger partial charge in [0.25, 0.3) is 0 Å². The molecule has 2 aliphatic rings. The number of rotatable bonds is 18. The first kappa shape index (κ1) is 42.3. The molecule has 300 valence electrons. The lowest BCUT2D eigenvalue weighted by molar-refractivity contribution is -0.134. The zero-order valence-electron chi connectivity index (χ0n) is 33.2. The molecule has 4 amide bonds. The number of carbonyl (C=O) groups excluding carboxylic acids is 4. The highest BCUT2D eigenvalue weighted by Crippen LogP contribution is 2.31. The molecule has 1 heterocycles. The number of ether oxygens (including phenoxy) is 2. The number of fused-ring (bicyclic) bond motifs is 1. The van der Waals surface area contributed by atoms with Crippen LogP contribution >= 0.6 is 11.8 Å². The second-order valence-electron chi connectivity index (χ2n) is 15.9. The first-order valence-electron chi connectivity index (χ1n) is 19.4. The van der Waals surface area contributed by atoms with E-state index >= 15 is 0 Å². The van der Waals surface area contributed by atoms with Crippen molar-refractivity contribution in [3.63, 3.8) is 0 Å². The highest BCUT2D eigenvalue weighted by molar-refractivity contribution is 8.02. The lowest BCUT2D eigenvalue weighted by Gasteiger charge is -2.30. The molecule has 0 bridgehead atoms. The number of amides is 4. The van der Waals surface area contributed by atoms with Crippen LogP contribution in [-0.2, 0) is 38.6 Å². The van der Waals surface area contributed by atoms with Crippen molar-refractivity contribution in [3.05, 3.63) is 107 Å². The third-order valence-electron chi connectivity index (χ3n) is 10.2. The summed E-state index contributed by atoms with van der Waals surface area (Å²) < 4.78 is 10.9. The molecule has 0 radical (unpaired) electrons. The standard InChI is InChI=1S/C44H57N5O6S/c1-43(2,3)28-45-39(50)25-37(47-40(51)26-44(22-23-56-29-44)46-27-32-19-20-33(54-4)24-38(32)55-5)42(53)49-36(21-18-30-12-7-6-8-13-30)41(52)48-35-17-11-15-31-14-9-10-16-34(31)35/h6-10,12-14,16,19-20,22-24,35-37,46H,11,15,17-18,21,25-29H2,1-5H3,(H,45,50)(H,47,51)(H,48,52)(H,49,53)/t35-,36?,37?,44?/m1/s1. The van der Waals surface area contributed by atoms with Crippen molar-refractivity contribution in [2.24, 2.45) is 5.41 Å². The molecule has 4 atom stereocenters. The summed E-state index contributed by atoms with van der Waals surface area (Å²) in [5.41, 5.74) is 3.32. The molecule has 1 aliphatic heterocycles. The Hall–Kier alpha value is -4.81. The number of methoxy groups -OCH3 is 2. The van der Waals surface area contributed by atoms with Gasteiger partial charge in [-0.1, -0.05) is 87.5 Å². The lowest BCUT2D eigenvalue weighted by Crippen LogP contribution is -2.56. The van der Waals surface area contributed by atoms with Crippen LogP contribution in [0.25, 0.3) is 0 Å². The fraction of sp³-hybridized carbons (Fsp3) is 0.455. The van der Waals surface area contributed by atoms with Crippen LogP contribution in [0, 0.1) is 5.41 Å². The fourth-order valence-corrected chi connectivity index (χ4v) is 8.06. The van der Waals surface area contributed by atoms with E-state index in [-0.39, 0.29) is 36.1 Å². The minimum absolute atomic E-state index is 0.0152. The molecule has 0 saturated heterocycles. The monoisotopic (exact) mass is 783 g/mol. The summed E-state index contributed by atoms with van der Waals surface area (Å²) in [5.74, 6) is 0.243. The first-order valence-corrected chi connectivity index (χ1v) is 20.5. The third-order valence-corrected chi connectivity index (χ3v) is 11.2. The van der Waals surface area contributed by atoms with E-state index in [2.05, 4.69) is 32.7 Å². The Morgan fingerprint density at radius 2 is 1.66 bits per heavy atom. The molecule has 3 unspecified atom stereocenters. The maximum absolute atomic E-state index is 14.2. The normalized spacial score (nSPS) is 18.6. The van der Waals surface area contributed by atoms with Crippen LogP contribution in [0.5, 0.6) is 11.5 Å². The van der Waals surface area contributed by atoms with E-state index in [1.165, 1.54) is 5.56 Å². The van der Waals surface area contributed by atoms with Crippen molar-refractivity contribution in [2.75, 3.05) is 26.5 Å². The Kier molecular flexibility index (Phi) is 15.0. The van der Waals surface area contributed by atoms with Crippen LogP contribution in [0.4, 0.5) is 0 Å². The predicted octanol–water partition coefficient (Wildman–Crippen LogP) is 5.53. The summed E-state index contributed by atoms with van der Waals surface area (Å²) in [7, 11) is 3.19. The maximum Gasteiger partial charge on any atom is 0.243 e. The average Bonchev–Trinajstić information content (AvgIpc) is 3.65. The molecule has 1 aliphatic carbocycles. The van der Waals surface area contributed by atoms with Crippen LogP contribution in [-0.4, -0.2) is 67.8 Å².